The van der Waals surface area contributed by atoms with Crippen LogP contribution in [-0.2, 0) is 18.4 Å². The molecular weight excluding hydrogens is 364 g/mol. The van der Waals surface area contributed by atoms with Crippen molar-refractivity contribution in [2.45, 2.75) is 49.9 Å². The van der Waals surface area contributed by atoms with E-state index in [1.807, 2.05) is 35.9 Å². The highest BCUT2D eigenvalue weighted by atomic mass is 32.2. The third-order valence-corrected chi connectivity index (χ3v) is 5.66. The van der Waals surface area contributed by atoms with Gasteiger partial charge in [-0.1, -0.05) is 37.1 Å². The molecule has 1 saturated carbocycles. The van der Waals surface area contributed by atoms with Crippen molar-refractivity contribution in [3.63, 3.8) is 0 Å². The van der Waals surface area contributed by atoms with Gasteiger partial charge in [-0.15, -0.1) is 10.2 Å². The van der Waals surface area contributed by atoms with E-state index in [1.54, 1.807) is 7.11 Å². The summed E-state index contributed by atoms with van der Waals surface area (Å²) in [5, 5.41) is 12.2. The Kier molecular flexibility index (Phi) is 6.98. The molecule has 1 aliphatic rings. The van der Waals surface area contributed by atoms with Gasteiger partial charge in [-0.05, 0) is 25.0 Å². The molecule has 1 amide bonds. The molecule has 0 unspecified atom stereocenters. The van der Waals surface area contributed by atoms with Crippen molar-refractivity contribution in [2.24, 2.45) is 7.05 Å². The summed E-state index contributed by atoms with van der Waals surface area (Å²) in [5.74, 6) is 2.56. The number of hydrogen-bond donors (Lipinski definition) is 1. The van der Waals surface area contributed by atoms with E-state index in [4.69, 9.17) is 9.47 Å². The summed E-state index contributed by atoms with van der Waals surface area (Å²) < 4.78 is 12.8. The molecule has 0 radical (unpaired) electrons. The van der Waals surface area contributed by atoms with Crippen molar-refractivity contribution >= 4 is 17.7 Å². The van der Waals surface area contributed by atoms with E-state index in [9.17, 15) is 4.79 Å². The minimum atomic E-state index is 0.0593. The number of thioether (sulfide) groups is 1. The maximum atomic E-state index is 12.1. The summed E-state index contributed by atoms with van der Waals surface area (Å²) in [6.45, 7) is 0.297. The number of nitrogens with zero attached hydrogens (tertiary/aromatic N) is 3. The molecule has 8 heteroatoms. The second kappa shape index (κ2) is 9.64. The van der Waals surface area contributed by atoms with E-state index in [1.165, 1.54) is 31.0 Å². The van der Waals surface area contributed by atoms with Gasteiger partial charge in [-0.3, -0.25) is 4.79 Å². The van der Waals surface area contributed by atoms with E-state index in [2.05, 4.69) is 15.5 Å². The topological polar surface area (TPSA) is 78.3 Å². The molecule has 0 saturated heterocycles. The van der Waals surface area contributed by atoms with Gasteiger partial charge in [0.15, 0.2) is 11.0 Å². The molecule has 1 heterocycles. The second-order valence-electron chi connectivity index (χ2n) is 6.62. The van der Waals surface area contributed by atoms with E-state index in [-0.39, 0.29) is 5.91 Å². The largest absolute Gasteiger partial charge is 0.497 e. The van der Waals surface area contributed by atoms with E-state index >= 15 is 0 Å². The first-order chi connectivity index (χ1) is 13.2. The van der Waals surface area contributed by atoms with Gasteiger partial charge in [0, 0.05) is 19.2 Å². The van der Waals surface area contributed by atoms with E-state index in [0.29, 0.717) is 35.1 Å². The maximum absolute atomic E-state index is 12.1. The Morgan fingerprint density at radius 1 is 1.26 bits per heavy atom. The monoisotopic (exact) mass is 390 g/mol. The molecule has 1 aliphatic carbocycles. The number of hydrogen-bond acceptors (Lipinski definition) is 6. The number of benzene rings is 1. The Bertz CT molecular complexity index is 759. The lowest BCUT2D eigenvalue weighted by Gasteiger charge is -2.22. The minimum Gasteiger partial charge on any atom is -0.497 e. The van der Waals surface area contributed by atoms with Crippen molar-refractivity contribution in [3.8, 4) is 11.5 Å². The summed E-state index contributed by atoms with van der Waals surface area (Å²) in [7, 11) is 3.50. The van der Waals surface area contributed by atoms with Crippen molar-refractivity contribution in [3.05, 3.63) is 30.1 Å². The molecule has 7 nitrogen and oxygen atoms in total. The van der Waals surface area contributed by atoms with Crippen molar-refractivity contribution in [2.75, 3.05) is 12.9 Å². The SMILES string of the molecule is COc1cccc(OCc2nnc(SCC(=O)NC3CCCCC3)n2C)c1. The Labute approximate surface area is 163 Å². The smallest absolute Gasteiger partial charge is 0.230 e. The van der Waals surface area contributed by atoms with Gasteiger partial charge < -0.3 is 19.4 Å². The molecule has 3 rings (SSSR count). The van der Waals surface area contributed by atoms with E-state index < -0.39 is 0 Å². The lowest BCUT2D eigenvalue weighted by molar-refractivity contribution is -0.119. The minimum absolute atomic E-state index is 0.0593. The van der Waals surface area contributed by atoms with Crippen LogP contribution in [0.1, 0.15) is 37.9 Å². The summed E-state index contributed by atoms with van der Waals surface area (Å²) in [4.78, 5) is 12.1. The molecule has 0 bridgehead atoms. The van der Waals surface area contributed by atoms with Gasteiger partial charge in [-0.2, -0.15) is 0 Å². The lowest BCUT2D eigenvalue weighted by atomic mass is 9.95. The van der Waals surface area contributed by atoms with Gasteiger partial charge >= 0.3 is 0 Å². The molecule has 0 atom stereocenters. The zero-order valence-electron chi connectivity index (χ0n) is 15.8. The van der Waals surface area contributed by atoms with Crippen LogP contribution in [0.15, 0.2) is 29.4 Å². The summed E-state index contributed by atoms with van der Waals surface area (Å²) in [6, 6.07) is 7.75. The average Bonchev–Trinajstić information content (AvgIpc) is 3.05. The maximum Gasteiger partial charge on any atom is 0.230 e. The normalized spacial score (nSPS) is 14.7. The first kappa shape index (κ1) is 19.5. The highest BCUT2D eigenvalue weighted by molar-refractivity contribution is 7.99. The third kappa shape index (κ3) is 5.63. The average molecular weight is 391 g/mol. The molecule has 146 valence electrons. The van der Waals surface area contributed by atoms with Crippen LogP contribution in [0.3, 0.4) is 0 Å². The van der Waals surface area contributed by atoms with Crippen LogP contribution in [0, 0.1) is 0 Å². The van der Waals surface area contributed by atoms with Crippen LogP contribution >= 0.6 is 11.8 Å². The molecule has 1 aromatic carbocycles. The number of amides is 1. The predicted octanol–water partition coefficient (Wildman–Crippen LogP) is 2.94. The zero-order chi connectivity index (χ0) is 19.1. The van der Waals surface area contributed by atoms with Crippen LogP contribution in [0.2, 0.25) is 0 Å². The van der Waals surface area contributed by atoms with E-state index in [0.717, 1.165) is 18.6 Å². The van der Waals surface area contributed by atoms with Crippen LogP contribution in [0.5, 0.6) is 11.5 Å². The van der Waals surface area contributed by atoms with Crippen LogP contribution in [0.4, 0.5) is 0 Å². The molecule has 0 aliphatic heterocycles. The number of carbonyl (C=O) groups is 1. The molecule has 0 spiro atoms. The quantitative estimate of drug-likeness (QED) is 0.698. The van der Waals surface area contributed by atoms with Crippen LogP contribution in [-0.4, -0.2) is 39.6 Å². The molecule has 1 aromatic heterocycles. The summed E-state index contributed by atoms with van der Waals surface area (Å²) in [6.07, 6.45) is 5.87. The Balaban J connectivity index is 1.48. The summed E-state index contributed by atoms with van der Waals surface area (Å²) in [5.41, 5.74) is 0. The fourth-order valence-corrected chi connectivity index (χ4v) is 3.82. The number of nitrogens with one attached hydrogen (secondary N) is 1. The standard InChI is InChI=1S/C19H26N4O3S/c1-23-17(12-26-16-10-6-9-15(11-16)25-2)21-22-19(23)27-13-18(24)20-14-7-4-3-5-8-14/h6,9-11,14H,3-5,7-8,12-13H2,1-2H3,(H,20,24). The second-order valence-corrected chi connectivity index (χ2v) is 7.56. The van der Waals surface area contributed by atoms with Gasteiger partial charge in [-0.25, -0.2) is 0 Å². The van der Waals surface area contributed by atoms with Crippen LogP contribution < -0.4 is 14.8 Å². The zero-order valence-corrected chi connectivity index (χ0v) is 16.6. The van der Waals surface area contributed by atoms with Crippen LogP contribution in [0.25, 0.3) is 0 Å². The number of ether oxygens (including phenoxy) is 2. The molecule has 1 N–H and O–H groups in total. The van der Waals surface area contributed by atoms with Crippen molar-refractivity contribution < 1.29 is 14.3 Å². The molecule has 27 heavy (non-hydrogen) atoms. The molecule has 2 aromatic rings. The highest BCUT2D eigenvalue weighted by Crippen LogP contribution is 2.21. The molecule has 1 fully saturated rings. The Morgan fingerprint density at radius 2 is 2.04 bits per heavy atom. The predicted molar refractivity (Wildman–Crippen MR) is 104 cm³/mol. The third-order valence-electron chi connectivity index (χ3n) is 4.64. The first-order valence-corrected chi connectivity index (χ1v) is 10.2. The molecular formula is C19H26N4O3S. The van der Waals surface area contributed by atoms with Gasteiger partial charge in [0.05, 0.1) is 12.9 Å². The number of methoxy groups -OCH3 is 1. The van der Waals surface area contributed by atoms with Gasteiger partial charge in [0.1, 0.15) is 18.1 Å². The Morgan fingerprint density at radius 3 is 2.81 bits per heavy atom. The number of carbonyl (C=O) groups excluding carboxylic acids is 1. The fourth-order valence-electron chi connectivity index (χ4n) is 3.08. The summed E-state index contributed by atoms with van der Waals surface area (Å²) >= 11 is 1.39. The van der Waals surface area contributed by atoms with Crippen molar-refractivity contribution in [1.29, 1.82) is 0 Å². The lowest BCUT2D eigenvalue weighted by Crippen LogP contribution is -2.37. The number of rotatable bonds is 8. The Hall–Kier alpha value is -2.22. The van der Waals surface area contributed by atoms with Gasteiger partial charge in [0.25, 0.3) is 0 Å². The fraction of sp³-hybridized carbons (Fsp3) is 0.526. The first-order valence-electron chi connectivity index (χ1n) is 9.23. The number of aromatic nitrogens is 3. The van der Waals surface area contributed by atoms with Crippen molar-refractivity contribution in [1.82, 2.24) is 20.1 Å². The highest BCUT2D eigenvalue weighted by Gasteiger charge is 2.17. The van der Waals surface area contributed by atoms with Gasteiger partial charge in [0.2, 0.25) is 5.91 Å².